The van der Waals surface area contributed by atoms with Crippen molar-refractivity contribution in [3.63, 3.8) is 0 Å². The highest BCUT2D eigenvalue weighted by atomic mass is 19.1. The molecule has 2 aromatic heterocycles. The van der Waals surface area contributed by atoms with E-state index < -0.39 is 23.9 Å². The molecule has 27 heavy (non-hydrogen) atoms. The molecule has 3 aromatic rings. The third-order valence-corrected chi connectivity index (χ3v) is 4.31. The Morgan fingerprint density at radius 1 is 1.37 bits per heavy atom. The zero-order valence-corrected chi connectivity index (χ0v) is 15.0. The second-order valence-electron chi connectivity index (χ2n) is 5.96. The Hall–Kier alpha value is -3.07. The molecule has 1 aromatic carbocycles. The topological polar surface area (TPSA) is 102 Å². The first-order valence-electron chi connectivity index (χ1n) is 8.47. The number of esters is 1. The number of ether oxygens (including phenoxy) is 1. The van der Waals surface area contributed by atoms with E-state index in [0.29, 0.717) is 23.3 Å². The van der Waals surface area contributed by atoms with Gasteiger partial charge in [-0.2, -0.15) is 5.10 Å². The van der Waals surface area contributed by atoms with E-state index in [4.69, 9.17) is 0 Å². The maximum absolute atomic E-state index is 14.0. The lowest BCUT2D eigenvalue weighted by atomic mass is 9.99. The van der Waals surface area contributed by atoms with E-state index in [1.807, 2.05) is 6.92 Å². The molecule has 0 aliphatic heterocycles. The molecule has 0 bridgehead atoms. The molecule has 2 atom stereocenters. The predicted molar refractivity (Wildman–Crippen MR) is 96.4 cm³/mol. The second kappa shape index (κ2) is 8.09. The maximum Gasteiger partial charge on any atom is 0.327 e. The molecule has 0 spiro atoms. The number of aliphatic hydroxyl groups excluding tert-OH is 1. The molecule has 0 aliphatic rings. The minimum absolute atomic E-state index is 0.0779. The van der Waals surface area contributed by atoms with Gasteiger partial charge in [-0.05, 0) is 12.5 Å². The van der Waals surface area contributed by atoms with Crippen molar-refractivity contribution in [3.8, 4) is 0 Å². The Kier molecular flexibility index (Phi) is 5.60. The Morgan fingerprint density at radius 2 is 2.15 bits per heavy atom. The van der Waals surface area contributed by atoms with Crippen LogP contribution in [0.2, 0.25) is 0 Å². The summed E-state index contributed by atoms with van der Waals surface area (Å²) in [6.45, 7) is 1.80. The summed E-state index contributed by atoms with van der Waals surface area (Å²) in [5.41, 5.74) is 0.664. The van der Waals surface area contributed by atoms with Gasteiger partial charge in [0, 0.05) is 5.56 Å². The number of carbonyl (C=O) groups is 1. The molecular weight excluding hydrogens is 353 g/mol. The Balaban J connectivity index is 1.88. The largest absolute Gasteiger partial charge is 0.468 e. The number of fused-ring (bicyclic) bond motifs is 1. The van der Waals surface area contributed by atoms with Crippen molar-refractivity contribution in [1.82, 2.24) is 19.7 Å². The van der Waals surface area contributed by atoms with Crippen LogP contribution in [0.4, 0.5) is 10.2 Å². The van der Waals surface area contributed by atoms with Crippen molar-refractivity contribution in [2.45, 2.75) is 32.0 Å². The Labute approximate surface area is 155 Å². The Bertz CT molecular complexity index is 946. The number of benzene rings is 1. The molecular formula is C18H20FN5O3. The van der Waals surface area contributed by atoms with Crippen molar-refractivity contribution in [2.24, 2.45) is 0 Å². The van der Waals surface area contributed by atoms with Gasteiger partial charge in [0.25, 0.3) is 0 Å². The molecule has 0 aliphatic carbocycles. The van der Waals surface area contributed by atoms with Gasteiger partial charge in [0.05, 0.1) is 24.7 Å². The number of aromatic nitrogens is 4. The van der Waals surface area contributed by atoms with Crippen LogP contribution in [0.15, 0.2) is 36.8 Å². The van der Waals surface area contributed by atoms with Gasteiger partial charge in [0.1, 0.15) is 30.6 Å². The van der Waals surface area contributed by atoms with Crippen LogP contribution in [0.3, 0.4) is 0 Å². The molecule has 0 saturated heterocycles. The minimum atomic E-state index is -1.06. The minimum Gasteiger partial charge on any atom is -0.468 e. The highest BCUT2D eigenvalue weighted by Crippen LogP contribution is 2.26. The molecule has 9 heteroatoms. The van der Waals surface area contributed by atoms with Crippen molar-refractivity contribution >= 4 is 22.8 Å². The van der Waals surface area contributed by atoms with E-state index in [1.165, 1.54) is 30.4 Å². The van der Waals surface area contributed by atoms with Gasteiger partial charge < -0.3 is 15.2 Å². The van der Waals surface area contributed by atoms with Crippen LogP contribution in [0.25, 0.3) is 11.0 Å². The van der Waals surface area contributed by atoms with Gasteiger partial charge in [0.15, 0.2) is 5.65 Å². The smallest absolute Gasteiger partial charge is 0.327 e. The molecule has 0 fully saturated rings. The number of methoxy groups -OCH3 is 1. The van der Waals surface area contributed by atoms with Crippen molar-refractivity contribution < 1.29 is 19.0 Å². The van der Waals surface area contributed by atoms with Crippen LogP contribution in [0, 0.1) is 5.82 Å². The third-order valence-electron chi connectivity index (χ3n) is 4.31. The molecule has 8 nitrogen and oxygen atoms in total. The molecule has 142 valence electrons. The predicted octanol–water partition coefficient (Wildman–Crippen LogP) is 2.06. The number of rotatable bonds is 7. The lowest BCUT2D eigenvalue weighted by Crippen LogP contribution is -2.28. The molecule has 2 heterocycles. The number of anilines is 1. The summed E-state index contributed by atoms with van der Waals surface area (Å²) >= 11 is 0. The normalized spacial score (nSPS) is 13.3. The summed E-state index contributed by atoms with van der Waals surface area (Å²) in [6.07, 6.45) is 2.33. The SMILES string of the molecule is CCC(Nc1ncnc2c1cnn2CC(=O)OC)C(O)c1ccccc1F. The molecule has 0 amide bonds. The first-order valence-corrected chi connectivity index (χ1v) is 8.47. The third kappa shape index (κ3) is 3.87. The number of nitrogens with zero attached hydrogens (tertiary/aromatic N) is 4. The number of carbonyl (C=O) groups excluding carboxylic acids is 1. The van der Waals surface area contributed by atoms with Gasteiger partial charge in [-0.3, -0.25) is 4.79 Å². The van der Waals surface area contributed by atoms with Crippen LogP contribution in [-0.2, 0) is 16.1 Å². The van der Waals surface area contributed by atoms with Crippen molar-refractivity contribution in [2.75, 3.05) is 12.4 Å². The van der Waals surface area contributed by atoms with Crippen LogP contribution >= 0.6 is 0 Å². The first kappa shape index (κ1) is 18.7. The van der Waals surface area contributed by atoms with E-state index in [9.17, 15) is 14.3 Å². The average Bonchev–Trinajstić information content (AvgIpc) is 3.09. The number of hydrogen-bond acceptors (Lipinski definition) is 7. The summed E-state index contributed by atoms with van der Waals surface area (Å²) in [6, 6.07) is 5.63. The lowest BCUT2D eigenvalue weighted by molar-refractivity contribution is -0.141. The Morgan fingerprint density at radius 3 is 2.85 bits per heavy atom. The van der Waals surface area contributed by atoms with Crippen LogP contribution in [0.1, 0.15) is 25.0 Å². The summed E-state index contributed by atoms with van der Waals surface area (Å²) in [7, 11) is 1.30. The average molecular weight is 373 g/mol. The summed E-state index contributed by atoms with van der Waals surface area (Å²) in [4.78, 5) is 19.9. The van der Waals surface area contributed by atoms with Gasteiger partial charge in [-0.15, -0.1) is 0 Å². The molecule has 2 unspecified atom stereocenters. The van der Waals surface area contributed by atoms with Gasteiger partial charge in [-0.1, -0.05) is 25.1 Å². The maximum atomic E-state index is 14.0. The van der Waals surface area contributed by atoms with E-state index >= 15 is 0 Å². The van der Waals surface area contributed by atoms with E-state index in [1.54, 1.807) is 18.2 Å². The van der Waals surface area contributed by atoms with E-state index in [0.717, 1.165) is 0 Å². The first-order chi connectivity index (χ1) is 13.0. The number of halogens is 1. The van der Waals surface area contributed by atoms with Crippen molar-refractivity contribution in [1.29, 1.82) is 0 Å². The van der Waals surface area contributed by atoms with E-state index in [2.05, 4.69) is 25.1 Å². The van der Waals surface area contributed by atoms with Crippen LogP contribution in [-0.4, -0.2) is 44.0 Å². The molecule has 0 saturated carbocycles. The fourth-order valence-corrected chi connectivity index (χ4v) is 2.82. The molecule has 2 N–H and O–H groups in total. The van der Waals surface area contributed by atoms with Crippen molar-refractivity contribution in [3.05, 3.63) is 48.2 Å². The second-order valence-corrected chi connectivity index (χ2v) is 5.96. The standard InChI is InChI=1S/C18H20FN5O3/c1-3-14(16(26)11-6-4-5-7-13(11)19)23-17-12-8-22-24(9-15(25)27-2)18(12)21-10-20-17/h4-8,10,14,16,26H,3,9H2,1-2H3,(H,20,21,23). The number of nitrogens with one attached hydrogen (secondary N) is 1. The van der Waals surface area contributed by atoms with Gasteiger partial charge >= 0.3 is 5.97 Å². The quantitative estimate of drug-likeness (QED) is 0.611. The molecule has 3 rings (SSSR count). The fourth-order valence-electron chi connectivity index (χ4n) is 2.82. The van der Waals surface area contributed by atoms with Crippen LogP contribution in [0.5, 0.6) is 0 Å². The zero-order valence-electron chi connectivity index (χ0n) is 15.0. The highest BCUT2D eigenvalue weighted by molar-refractivity contribution is 5.87. The summed E-state index contributed by atoms with van der Waals surface area (Å²) in [5.74, 6) is -0.475. The van der Waals surface area contributed by atoms with Crippen LogP contribution < -0.4 is 5.32 Å². The summed E-state index contributed by atoms with van der Waals surface area (Å²) < 4.78 is 20.1. The zero-order chi connectivity index (χ0) is 19.4. The molecule has 0 radical (unpaired) electrons. The van der Waals surface area contributed by atoms with Gasteiger partial charge in [-0.25, -0.2) is 19.0 Å². The fraction of sp³-hybridized carbons (Fsp3) is 0.333. The summed E-state index contributed by atoms with van der Waals surface area (Å²) in [5, 5.41) is 18.5. The highest BCUT2D eigenvalue weighted by Gasteiger charge is 2.23. The lowest BCUT2D eigenvalue weighted by Gasteiger charge is -2.24. The van der Waals surface area contributed by atoms with Gasteiger partial charge in [0.2, 0.25) is 0 Å². The number of aliphatic hydroxyl groups is 1. The number of hydrogen-bond donors (Lipinski definition) is 2. The van der Waals surface area contributed by atoms with E-state index in [-0.39, 0.29) is 12.1 Å². The monoisotopic (exact) mass is 373 g/mol.